The van der Waals surface area contributed by atoms with Crippen LogP contribution in [-0.4, -0.2) is 22.4 Å². The molecule has 4 rings (SSSR count). The first-order chi connectivity index (χ1) is 13.3. The van der Waals surface area contributed by atoms with E-state index in [4.69, 9.17) is 0 Å². The summed E-state index contributed by atoms with van der Waals surface area (Å²) in [6, 6.07) is 19.0. The number of aliphatic hydroxyl groups excluding tert-OH is 1. The molecule has 0 fully saturated rings. The van der Waals surface area contributed by atoms with Gasteiger partial charge < -0.3 is 5.11 Å². The fraction of sp³-hybridized carbons (Fsp3) is 0.280. The van der Waals surface area contributed by atoms with Gasteiger partial charge in [-0.3, -0.25) is 9.98 Å². The second-order valence-electron chi connectivity index (χ2n) is 7.06. The first kappa shape index (κ1) is 20.0. The molecule has 1 aromatic heterocycles. The van der Waals surface area contributed by atoms with Gasteiger partial charge in [-0.05, 0) is 47.2 Å². The maximum atomic E-state index is 9.86. The van der Waals surface area contributed by atoms with Crippen molar-refractivity contribution >= 4 is 5.71 Å². The van der Waals surface area contributed by atoms with Gasteiger partial charge in [-0.2, -0.15) is 0 Å². The van der Waals surface area contributed by atoms with Gasteiger partial charge in [0, 0.05) is 35.2 Å². The summed E-state index contributed by atoms with van der Waals surface area (Å²) in [5.74, 6) is 0.0853. The molecule has 1 N–H and O–H groups in total. The molecule has 28 heavy (non-hydrogen) atoms. The van der Waals surface area contributed by atoms with Crippen molar-refractivity contribution in [3.63, 3.8) is 0 Å². The van der Waals surface area contributed by atoms with Crippen LogP contribution in [0.4, 0.5) is 0 Å². The van der Waals surface area contributed by atoms with Gasteiger partial charge in [0.25, 0.3) is 0 Å². The third-order valence-corrected chi connectivity index (χ3v) is 5.30. The van der Waals surface area contributed by atoms with Crippen LogP contribution in [0.3, 0.4) is 0 Å². The standard InChI is InChI=1S/C24H24N2O.CH4/c1-2-24-23-12-19(8-9-20(23)15-26-24)21-10-17(13-25-14-21)11-22(16-27)18-6-4-3-5-7-18;/h3-10,12-14,22,27H,2,11,15-16H2,1H3;1H4/t22-;/m0./s1. The summed E-state index contributed by atoms with van der Waals surface area (Å²) < 4.78 is 0. The molecule has 3 heteroatoms. The molecule has 1 aliphatic heterocycles. The summed E-state index contributed by atoms with van der Waals surface area (Å²) in [6.07, 6.45) is 5.55. The van der Waals surface area contributed by atoms with E-state index < -0.39 is 0 Å². The zero-order chi connectivity index (χ0) is 18.6. The highest BCUT2D eigenvalue weighted by Gasteiger charge is 2.16. The summed E-state index contributed by atoms with van der Waals surface area (Å²) in [4.78, 5) is 9.09. The second-order valence-corrected chi connectivity index (χ2v) is 7.06. The van der Waals surface area contributed by atoms with Crippen molar-refractivity contribution in [3.05, 3.63) is 89.2 Å². The summed E-state index contributed by atoms with van der Waals surface area (Å²) in [5.41, 5.74) is 8.36. The molecular weight excluding hydrogens is 344 g/mol. The van der Waals surface area contributed by atoms with Gasteiger partial charge in [0.05, 0.1) is 13.2 Å². The minimum atomic E-state index is 0. The number of pyridine rings is 1. The van der Waals surface area contributed by atoms with E-state index in [2.05, 4.69) is 53.3 Å². The molecule has 3 nitrogen and oxygen atoms in total. The highest BCUT2D eigenvalue weighted by atomic mass is 16.3. The van der Waals surface area contributed by atoms with Gasteiger partial charge in [0.15, 0.2) is 0 Å². The Morgan fingerprint density at radius 3 is 2.57 bits per heavy atom. The first-order valence-corrected chi connectivity index (χ1v) is 9.55. The van der Waals surface area contributed by atoms with E-state index in [1.54, 1.807) is 0 Å². The number of aromatic nitrogens is 1. The Morgan fingerprint density at radius 1 is 1.00 bits per heavy atom. The maximum absolute atomic E-state index is 9.86. The molecule has 144 valence electrons. The summed E-state index contributed by atoms with van der Waals surface area (Å²) in [6.45, 7) is 3.08. The number of nitrogens with zero attached hydrogens (tertiary/aromatic N) is 2. The van der Waals surface area contributed by atoms with Gasteiger partial charge in [-0.25, -0.2) is 0 Å². The lowest BCUT2D eigenvalue weighted by molar-refractivity contribution is 0.264. The number of hydrogen-bond donors (Lipinski definition) is 1. The molecule has 0 spiro atoms. The SMILES string of the molecule is C.CCC1=NCc2ccc(-c3cncc(C[C@@H](CO)c4ccccc4)c3)cc21. The predicted octanol–water partition coefficient (Wildman–Crippen LogP) is 5.42. The molecule has 0 saturated carbocycles. The van der Waals surface area contributed by atoms with Gasteiger partial charge >= 0.3 is 0 Å². The van der Waals surface area contributed by atoms with E-state index in [-0.39, 0.29) is 20.0 Å². The van der Waals surface area contributed by atoms with Crippen LogP contribution in [0.25, 0.3) is 11.1 Å². The van der Waals surface area contributed by atoms with Crippen molar-refractivity contribution < 1.29 is 5.11 Å². The van der Waals surface area contributed by atoms with Crippen LogP contribution in [-0.2, 0) is 13.0 Å². The molecule has 3 aromatic rings. The predicted molar refractivity (Wildman–Crippen MR) is 117 cm³/mol. The smallest absolute Gasteiger partial charge is 0.0649 e. The zero-order valence-corrected chi connectivity index (χ0v) is 15.6. The highest BCUT2D eigenvalue weighted by molar-refractivity contribution is 6.04. The van der Waals surface area contributed by atoms with Gasteiger partial charge in [0.1, 0.15) is 0 Å². The largest absolute Gasteiger partial charge is 0.396 e. The van der Waals surface area contributed by atoms with Crippen LogP contribution in [0.5, 0.6) is 0 Å². The average Bonchev–Trinajstić information content (AvgIpc) is 3.15. The molecule has 0 saturated heterocycles. The number of aliphatic imine (C=N–C) groups is 1. The number of fused-ring (bicyclic) bond motifs is 1. The second kappa shape index (κ2) is 8.94. The van der Waals surface area contributed by atoms with E-state index in [1.165, 1.54) is 22.4 Å². The monoisotopic (exact) mass is 372 g/mol. The summed E-state index contributed by atoms with van der Waals surface area (Å²) in [5, 5.41) is 9.86. The van der Waals surface area contributed by atoms with Gasteiger partial charge in [-0.15, -0.1) is 0 Å². The van der Waals surface area contributed by atoms with E-state index in [1.807, 2.05) is 30.6 Å². The molecule has 0 radical (unpaired) electrons. The van der Waals surface area contributed by atoms with Gasteiger partial charge in [-0.1, -0.05) is 56.8 Å². The Balaban J connectivity index is 0.00000225. The van der Waals surface area contributed by atoms with Crippen molar-refractivity contribution in [2.24, 2.45) is 4.99 Å². The number of aliphatic hydroxyl groups is 1. The van der Waals surface area contributed by atoms with Crippen LogP contribution in [0.1, 0.15) is 48.9 Å². The normalized spacial score (nSPS) is 13.4. The molecule has 0 amide bonds. The molecule has 1 atom stereocenters. The molecule has 1 aliphatic rings. The first-order valence-electron chi connectivity index (χ1n) is 9.55. The fourth-order valence-corrected chi connectivity index (χ4v) is 3.79. The zero-order valence-electron chi connectivity index (χ0n) is 15.6. The number of benzene rings is 2. The molecule has 2 heterocycles. The Morgan fingerprint density at radius 2 is 1.82 bits per heavy atom. The topological polar surface area (TPSA) is 45.5 Å². The molecule has 0 aliphatic carbocycles. The van der Waals surface area contributed by atoms with E-state index >= 15 is 0 Å². The van der Waals surface area contributed by atoms with Crippen molar-refractivity contribution in [2.75, 3.05) is 6.61 Å². The lowest BCUT2D eigenvalue weighted by Gasteiger charge is -2.15. The molecule has 2 aromatic carbocycles. The van der Waals surface area contributed by atoms with Crippen LogP contribution < -0.4 is 0 Å². The minimum absolute atomic E-state index is 0. The van der Waals surface area contributed by atoms with Crippen LogP contribution >= 0.6 is 0 Å². The average molecular weight is 373 g/mol. The van der Waals surface area contributed by atoms with Gasteiger partial charge in [0.2, 0.25) is 0 Å². The number of rotatable bonds is 6. The lowest BCUT2D eigenvalue weighted by atomic mass is 9.92. The Bertz CT molecular complexity index is 963. The van der Waals surface area contributed by atoms with Crippen molar-refractivity contribution in [3.8, 4) is 11.1 Å². The Hall–Kier alpha value is -2.78. The Labute approximate surface area is 167 Å². The van der Waals surface area contributed by atoms with E-state index in [0.717, 1.165) is 36.1 Å². The quantitative estimate of drug-likeness (QED) is 0.628. The third kappa shape index (κ3) is 4.05. The Kier molecular flexibility index (Phi) is 6.37. The van der Waals surface area contributed by atoms with Crippen molar-refractivity contribution in [2.45, 2.75) is 39.7 Å². The van der Waals surface area contributed by atoms with Crippen LogP contribution in [0.15, 0.2) is 72.0 Å². The van der Waals surface area contributed by atoms with Crippen molar-refractivity contribution in [1.82, 2.24) is 4.98 Å². The summed E-state index contributed by atoms with van der Waals surface area (Å²) in [7, 11) is 0. The third-order valence-electron chi connectivity index (χ3n) is 5.30. The molecule has 0 bridgehead atoms. The van der Waals surface area contributed by atoms with Crippen molar-refractivity contribution in [1.29, 1.82) is 0 Å². The number of hydrogen-bond acceptors (Lipinski definition) is 3. The minimum Gasteiger partial charge on any atom is -0.396 e. The fourth-order valence-electron chi connectivity index (χ4n) is 3.79. The lowest BCUT2D eigenvalue weighted by Crippen LogP contribution is -2.08. The van der Waals surface area contributed by atoms with E-state index in [0.29, 0.717) is 0 Å². The molecule has 0 unspecified atom stereocenters. The van der Waals surface area contributed by atoms with E-state index in [9.17, 15) is 5.11 Å². The molecular formula is C25H28N2O. The van der Waals surface area contributed by atoms with Crippen LogP contribution in [0.2, 0.25) is 0 Å². The highest BCUT2D eigenvalue weighted by Crippen LogP contribution is 2.28. The summed E-state index contributed by atoms with van der Waals surface area (Å²) >= 11 is 0. The maximum Gasteiger partial charge on any atom is 0.0649 e. The van der Waals surface area contributed by atoms with Crippen LogP contribution in [0, 0.1) is 0 Å².